The van der Waals surface area contributed by atoms with Gasteiger partial charge in [-0.05, 0) is 41.6 Å². The predicted octanol–water partition coefficient (Wildman–Crippen LogP) is 2.83. The Balaban J connectivity index is 2.55. The molecule has 0 amide bonds. The van der Waals surface area contributed by atoms with Crippen LogP contribution < -0.4 is 4.74 Å². The first-order chi connectivity index (χ1) is 6.31. The average molecular weight is 289 g/mol. The Bertz CT molecular complexity index is 424. The minimum Gasteiger partial charge on any atom is -0.450 e. The maximum atomic E-state index is 5.35. The predicted molar refractivity (Wildman–Crippen MR) is 57.9 cm³/mol. The summed E-state index contributed by atoms with van der Waals surface area (Å²) < 4.78 is 11.6. The number of ether oxygens (including phenoxy) is 1. The van der Waals surface area contributed by atoms with Gasteiger partial charge in [0, 0.05) is 3.57 Å². The Morgan fingerprint density at radius 1 is 1.54 bits per heavy atom. The summed E-state index contributed by atoms with van der Waals surface area (Å²) >= 11 is 2.22. The molecule has 0 aliphatic rings. The monoisotopic (exact) mass is 289 g/mol. The molecule has 0 atom stereocenters. The Kier molecular flexibility index (Phi) is 2.39. The topological polar surface area (TPSA) is 35.3 Å². The molecule has 0 saturated heterocycles. The number of fused-ring (bicyclic) bond motifs is 1. The molecule has 68 valence electrons. The molecule has 0 saturated carbocycles. The lowest BCUT2D eigenvalue weighted by Gasteiger charge is -1.91. The number of rotatable bonds is 2. The molecule has 0 bridgehead atoms. The fourth-order valence-corrected chi connectivity index (χ4v) is 1.67. The minimum atomic E-state index is 0.349. The van der Waals surface area contributed by atoms with Crippen LogP contribution in [-0.4, -0.2) is 11.6 Å². The molecule has 0 N–H and O–H groups in total. The number of oxazole rings is 1. The van der Waals surface area contributed by atoms with Crippen molar-refractivity contribution in [3.63, 3.8) is 0 Å². The number of para-hydroxylation sites is 1. The Morgan fingerprint density at radius 2 is 2.38 bits per heavy atom. The van der Waals surface area contributed by atoms with Gasteiger partial charge in [0.1, 0.15) is 5.52 Å². The number of halogens is 1. The molecule has 4 heteroatoms. The second kappa shape index (κ2) is 3.53. The van der Waals surface area contributed by atoms with Crippen LogP contribution in [-0.2, 0) is 0 Å². The molecule has 0 aliphatic heterocycles. The third-order valence-corrected chi connectivity index (χ3v) is 2.49. The summed E-state index contributed by atoms with van der Waals surface area (Å²) in [5.41, 5.74) is 1.64. The van der Waals surface area contributed by atoms with Crippen LogP contribution in [0.5, 0.6) is 6.08 Å². The Morgan fingerprint density at radius 3 is 3.08 bits per heavy atom. The standard InChI is InChI=1S/C9H8INO2/c1-2-12-9-11-8-6(10)4-3-5-7(8)13-9/h3-5H,2H2,1H3. The first-order valence-corrected chi connectivity index (χ1v) is 5.07. The van der Waals surface area contributed by atoms with Crippen molar-refractivity contribution in [3.05, 3.63) is 21.8 Å². The third kappa shape index (κ3) is 1.63. The molecule has 1 heterocycles. The van der Waals surface area contributed by atoms with Crippen LogP contribution >= 0.6 is 22.6 Å². The molecule has 0 unspecified atom stereocenters. The van der Waals surface area contributed by atoms with Crippen LogP contribution in [0.15, 0.2) is 22.6 Å². The van der Waals surface area contributed by atoms with E-state index in [0.717, 1.165) is 14.7 Å². The van der Waals surface area contributed by atoms with Crippen LogP contribution in [0, 0.1) is 3.57 Å². The van der Waals surface area contributed by atoms with Crippen molar-refractivity contribution >= 4 is 33.7 Å². The van der Waals surface area contributed by atoms with Gasteiger partial charge in [-0.1, -0.05) is 6.07 Å². The molecule has 1 aromatic heterocycles. The number of benzene rings is 1. The van der Waals surface area contributed by atoms with Gasteiger partial charge in [0.2, 0.25) is 0 Å². The lowest BCUT2D eigenvalue weighted by Crippen LogP contribution is -1.90. The first-order valence-electron chi connectivity index (χ1n) is 3.99. The van der Waals surface area contributed by atoms with Gasteiger partial charge in [-0.3, -0.25) is 0 Å². The Labute approximate surface area is 89.2 Å². The highest BCUT2D eigenvalue weighted by molar-refractivity contribution is 14.1. The fraction of sp³-hybridized carbons (Fsp3) is 0.222. The zero-order valence-corrected chi connectivity index (χ0v) is 9.24. The number of nitrogens with zero attached hydrogens (tertiary/aromatic N) is 1. The van der Waals surface area contributed by atoms with Crippen molar-refractivity contribution in [2.24, 2.45) is 0 Å². The van der Waals surface area contributed by atoms with E-state index in [4.69, 9.17) is 9.15 Å². The Hall–Kier alpha value is -0.780. The molecule has 13 heavy (non-hydrogen) atoms. The van der Waals surface area contributed by atoms with Crippen molar-refractivity contribution in [3.8, 4) is 6.08 Å². The van der Waals surface area contributed by atoms with Crippen molar-refractivity contribution in [2.45, 2.75) is 6.92 Å². The molecule has 1 aromatic carbocycles. The fourth-order valence-electron chi connectivity index (χ4n) is 1.08. The van der Waals surface area contributed by atoms with E-state index in [-0.39, 0.29) is 0 Å². The summed E-state index contributed by atoms with van der Waals surface area (Å²) in [6.07, 6.45) is 0.349. The largest absolute Gasteiger partial charge is 0.450 e. The molecule has 2 rings (SSSR count). The highest BCUT2D eigenvalue weighted by Gasteiger charge is 2.07. The summed E-state index contributed by atoms with van der Waals surface area (Å²) in [7, 11) is 0. The summed E-state index contributed by atoms with van der Waals surface area (Å²) in [6.45, 7) is 2.48. The van der Waals surface area contributed by atoms with Crippen molar-refractivity contribution in [1.82, 2.24) is 4.98 Å². The van der Waals surface area contributed by atoms with E-state index in [9.17, 15) is 0 Å². The number of aromatic nitrogens is 1. The summed E-state index contributed by atoms with van der Waals surface area (Å²) in [5.74, 6) is 0. The van der Waals surface area contributed by atoms with E-state index in [2.05, 4.69) is 27.6 Å². The zero-order valence-electron chi connectivity index (χ0n) is 7.08. The highest BCUT2D eigenvalue weighted by Crippen LogP contribution is 2.24. The summed E-state index contributed by atoms with van der Waals surface area (Å²) in [5, 5.41) is 0. The van der Waals surface area contributed by atoms with Gasteiger partial charge in [0.25, 0.3) is 0 Å². The van der Waals surface area contributed by atoms with Crippen LogP contribution in [0.3, 0.4) is 0 Å². The maximum absolute atomic E-state index is 5.35. The van der Waals surface area contributed by atoms with E-state index in [1.807, 2.05) is 25.1 Å². The normalized spacial score (nSPS) is 10.6. The van der Waals surface area contributed by atoms with E-state index < -0.39 is 0 Å². The van der Waals surface area contributed by atoms with Gasteiger partial charge in [0.15, 0.2) is 5.58 Å². The number of hydrogen-bond acceptors (Lipinski definition) is 3. The van der Waals surface area contributed by atoms with E-state index in [1.165, 1.54) is 0 Å². The van der Waals surface area contributed by atoms with Crippen LogP contribution in [0.25, 0.3) is 11.1 Å². The first kappa shape index (κ1) is 8.80. The van der Waals surface area contributed by atoms with Crippen LogP contribution in [0.4, 0.5) is 0 Å². The molecule has 0 radical (unpaired) electrons. The molecular weight excluding hydrogens is 281 g/mol. The average Bonchev–Trinajstić information content (AvgIpc) is 2.49. The van der Waals surface area contributed by atoms with Gasteiger partial charge < -0.3 is 9.15 Å². The molecule has 2 aromatic rings. The lowest BCUT2D eigenvalue weighted by molar-refractivity contribution is 0.251. The van der Waals surface area contributed by atoms with Crippen LogP contribution in [0.2, 0.25) is 0 Å². The maximum Gasteiger partial charge on any atom is 0.394 e. The SMILES string of the molecule is CCOc1nc2c(I)cccc2o1. The van der Waals surface area contributed by atoms with Crippen molar-refractivity contribution in [2.75, 3.05) is 6.61 Å². The van der Waals surface area contributed by atoms with Gasteiger partial charge in [-0.2, -0.15) is 4.98 Å². The van der Waals surface area contributed by atoms with Gasteiger partial charge >= 0.3 is 6.08 Å². The van der Waals surface area contributed by atoms with Gasteiger partial charge in [-0.15, -0.1) is 0 Å². The molecule has 0 aliphatic carbocycles. The van der Waals surface area contributed by atoms with Crippen LogP contribution in [0.1, 0.15) is 6.92 Å². The van der Waals surface area contributed by atoms with Crippen molar-refractivity contribution < 1.29 is 9.15 Å². The van der Waals surface area contributed by atoms with Crippen molar-refractivity contribution in [1.29, 1.82) is 0 Å². The zero-order chi connectivity index (χ0) is 9.26. The van der Waals surface area contributed by atoms with Gasteiger partial charge in [-0.25, -0.2) is 0 Å². The molecular formula is C9H8INO2. The van der Waals surface area contributed by atoms with E-state index >= 15 is 0 Å². The third-order valence-electron chi connectivity index (χ3n) is 1.62. The number of hydrogen-bond donors (Lipinski definition) is 0. The van der Waals surface area contributed by atoms with Gasteiger partial charge in [0.05, 0.1) is 6.61 Å². The molecule has 0 fully saturated rings. The summed E-state index contributed by atoms with van der Waals surface area (Å²) in [6, 6.07) is 5.80. The summed E-state index contributed by atoms with van der Waals surface area (Å²) in [4.78, 5) is 4.21. The second-order valence-electron chi connectivity index (χ2n) is 2.50. The second-order valence-corrected chi connectivity index (χ2v) is 3.66. The highest BCUT2D eigenvalue weighted by atomic mass is 127. The quantitative estimate of drug-likeness (QED) is 0.797. The molecule has 3 nitrogen and oxygen atoms in total. The lowest BCUT2D eigenvalue weighted by atomic mass is 10.3. The van der Waals surface area contributed by atoms with E-state index in [1.54, 1.807) is 0 Å². The minimum absolute atomic E-state index is 0.349. The smallest absolute Gasteiger partial charge is 0.394 e. The van der Waals surface area contributed by atoms with E-state index in [0.29, 0.717) is 12.7 Å². The molecule has 0 spiro atoms.